The fraction of sp³-hybridized carbons (Fsp3) is 0.600. The number of nitrogens with zero attached hydrogens (tertiary/aromatic N) is 3. The Morgan fingerprint density at radius 3 is 3.05 bits per heavy atom. The molecule has 0 radical (unpaired) electrons. The molecule has 0 saturated heterocycles. The van der Waals surface area contributed by atoms with E-state index >= 15 is 0 Å². The highest BCUT2D eigenvalue weighted by Gasteiger charge is 2.22. The van der Waals surface area contributed by atoms with Crippen LogP contribution in [0.25, 0.3) is 5.65 Å². The predicted molar refractivity (Wildman–Crippen MR) is 77.4 cm³/mol. The van der Waals surface area contributed by atoms with E-state index in [0.717, 1.165) is 35.9 Å². The number of rotatable bonds is 4. The molecule has 0 bridgehead atoms. The van der Waals surface area contributed by atoms with Gasteiger partial charge in [0.05, 0.1) is 6.20 Å². The van der Waals surface area contributed by atoms with Crippen molar-refractivity contribution in [1.29, 1.82) is 0 Å². The number of aromatic nitrogens is 3. The minimum atomic E-state index is 0.583. The molecule has 4 heteroatoms. The summed E-state index contributed by atoms with van der Waals surface area (Å²) in [5.41, 5.74) is 2.10. The van der Waals surface area contributed by atoms with Crippen molar-refractivity contribution in [1.82, 2.24) is 14.6 Å². The molecule has 1 saturated carbocycles. The van der Waals surface area contributed by atoms with Gasteiger partial charge in [-0.2, -0.15) is 9.61 Å². The third kappa shape index (κ3) is 2.57. The van der Waals surface area contributed by atoms with Crippen molar-refractivity contribution >= 4 is 11.5 Å². The molecular weight excluding hydrogens is 236 g/mol. The van der Waals surface area contributed by atoms with Gasteiger partial charge in [0.1, 0.15) is 5.82 Å². The first kappa shape index (κ1) is 12.5. The third-order valence-electron chi connectivity index (χ3n) is 3.97. The lowest BCUT2D eigenvalue weighted by Gasteiger charge is -2.15. The lowest BCUT2D eigenvalue weighted by atomic mass is 10.1. The molecule has 0 aromatic carbocycles. The Hall–Kier alpha value is -1.58. The molecule has 1 fully saturated rings. The topological polar surface area (TPSA) is 42.2 Å². The molecule has 19 heavy (non-hydrogen) atoms. The van der Waals surface area contributed by atoms with E-state index in [4.69, 9.17) is 0 Å². The Labute approximate surface area is 114 Å². The first-order valence-corrected chi connectivity index (χ1v) is 7.36. The summed E-state index contributed by atoms with van der Waals surface area (Å²) in [6.07, 6.45) is 7.81. The van der Waals surface area contributed by atoms with Gasteiger partial charge in [-0.05, 0) is 31.6 Å². The molecule has 1 N–H and O–H groups in total. The standard InChI is InChI=1S/C15H22N4/c1-3-4-12-10-15(18-13-6-5-11(2)9-13)19-14(17-12)7-8-16-19/h7-8,10-11,13,18H,3-6,9H2,1-2H3/t11-,13-/m1/s1. The van der Waals surface area contributed by atoms with Crippen LogP contribution in [-0.2, 0) is 6.42 Å². The molecule has 2 aromatic rings. The van der Waals surface area contributed by atoms with Crippen LogP contribution < -0.4 is 5.32 Å². The van der Waals surface area contributed by atoms with E-state index in [0.29, 0.717) is 6.04 Å². The second-order valence-corrected chi connectivity index (χ2v) is 5.74. The highest BCUT2D eigenvalue weighted by Crippen LogP contribution is 2.27. The maximum absolute atomic E-state index is 4.64. The van der Waals surface area contributed by atoms with Gasteiger partial charge in [0, 0.05) is 23.9 Å². The summed E-state index contributed by atoms with van der Waals surface area (Å²) < 4.78 is 1.92. The molecule has 0 aliphatic heterocycles. The maximum atomic E-state index is 4.64. The Balaban J connectivity index is 1.89. The summed E-state index contributed by atoms with van der Waals surface area (Å²) in [6, 6.07) is 4.72. The quantitative estimate of drug-likeness (QED) is 0.915. The van der Waals surface area contributed by atoms with Crippen LogP contribution in [0.15, 0.2) is 18.3 Å². The monoisotopic (exact) mass is 258 g/mol. The van der Waals surface area contributed by atoms with Crippen LogP contribution in [0.2, 0.25) is 0 Å². The van der Waals surface area contributed by atoms with Crippen molar-refractivity contribution in [3.63, 3.8) is 0 Å². The zero-order valence-electron chi connectivity index (χ0n) is 11.8. The van der Waals surface area contributed by atoms with Gasteiger partial charge in [-0.15, -0.1) is 0 Å². The number of hydrogen-bond acceptors (Lipinski definition) is 3. The van der Waals surface area contributed by atoms with Gasteiger partial charge < -0.3 is 5.32 Å². The van der Waals surface area contributed by atoms with Crippen molar-refractivity contribution < 1.29 is 0 Å². The highest BCUT2D eigenvalue weighted by atomic mass is 15.3. The third-order valence-corrected chi connectivity index (χ3v) is 3.97. The summed E-state index contributed by atoms with van der Waals surface area (Å²) in [6.45, 7) is 4.52. The first-order valence-electron chi connectivity index (χ1n) is 7.36. The molecule has 3 rings (SSSR count). The average molecular weight is 258 g/mol. The van der Waals surface area contributed by atoms with Crippen molar-refractivity contribution in [3.8, 4) is 0 Å². The Bertz CT molecular complexity index is 560. The van der Waals surface area contributed by atoms with Crippen molar-refractivity contribution in [2.75, 3.05) is 5.32 Å². The second kappa shape index (κ2) is 5.19. The molecule has 1 aliphatic rings. The summed E-state index contributed by atoms with van der Waals surface area (Å²) in [5.74, 6) is 1.93. The molecule has 1 aliphatic carbocycles. The number of anilines is 1. The van der Waals surface area contributed by atoms with Gasteiger partial charge in [0.15, 0.2) is 5.65 Å². The van der Waals surface area contributed by atoms with E-state index in [1.54, 1.807) is 0 Å². The van der Waals surface area contributed by atoms with Crippen LogP contribution in [0.1, 0.15) is 45.2 Å². The normalized spacial score (nSPS) is 23.1. The number of aryl methyl sites for hydroxylation is 1. The molecule has 0 amide bonds. The number of fused-ring (bicyclic) bond motifs is 1. The summed E-state index contributed by atoms with van der Waals surface area (Å²) in [7, 11) is 0. The Morgan fingerprint density at radius 2 is 2.32 bits per heavy atom. The molecule has 2 aromatic heterocycles. The van der Waals surface area contributed by atoms with Gasteiger partial charge in [-0.3, -0.25) is 0 Å². The van der Waals surface area contributed by atoms with E-state index in [9.17, 15) is 0 Å². The largest absolute Gasteiger partial charge is 0.367 e. The van der Waals surface area contributed by atoms with Gasteiger partial charge in [0.2, 0.25) is 0 Å². The first-order chi connectivity index (χ1) is 9.26. The highest BCUT2D eigenvalue weighted by molar-refractivity contribution is 5.49. The van der Waals surface area contributed by atoms with Crippen molar-refractivity contribution in [2.45, 2.75) is 52.0 Å². The Kier molecular flexibility index (Phi) is 3.40. The zero-order chi connectivity index (χ0) is 13.2. The van der Waals surface area contributed by atoms with E-state index in [2.05, 4.69) is 35.3 Å². The van der Waals surface area contributed by atoms with Crippen molar-refractivity contribution in [2.24, 2.45) is 5.92 Å². The smallest absolute Gasteiger partial charge is 0.157 e. The fourth-order valence-electron chi connectivity index (χ4n) is 3.00. The Morgan fingerprint density at radius 1 is 1.42 bits per heavy atom. The van der Waals surface area contributed by atoms with Crippen LogP contribution in [0.4, 0.5) is 5.82 Å². The van der Waals surface area contributed by atoms with E-state index in [1.165, 1.54) is 19.3 Å². The van der Waals surface area contributed by atoms with Crippen LogP contribution in [0, 0.1) is 5.92 Å². The lowest BCUT2D eigenvalue weighted by molar-refractivity contribution is 0.601. The average Bonchev–Trinajstić information content (AvgIpc) is 2.99. The summed E-state index contributed by atoms with van der Waals surface area (Å²) in [4.78, 5) is 4.64. The molecular formula is C15H22N4. The molecule has 0 unspecified atom stereocenters. The maximum Gasteiger partial charge on any atom is 0.157 e. The lowest BCUT2D eigenvalue weighted by Crippen LogP contribution is -2.18. The van der Waals surface area contributed by atoms with Crippen LogP contribution >= 0.6 is 0 Å². The van der Waals surface area contributed by atoms with Gasteiger partial charge in [-0.1, -0.05) is 20.3 Å². The molecule has 102 valence electrons. The molecule has 2 heterocycles. The fourth-order valence-corrected chi connectivity index (χ4v) is 3.00. The van der Waals surface area contributed by atoms with Crippen LogP contribution in [0.3, 0.4) is 0 Å². The van der Waals surface area contributed by atoms with Crippen LogP contribution in [-0.4, -0.2) is 20.6 Å². The van der Waals surface area contributed by atoms with Crippen molar-refractivity contribution in [3.05, 3.63) is 24.0 Å². The second-order valence-electron chi connectivity index (χ2n) is 5.74. The molecule has 0 spiro atoms. The molecule has 2 atom stereocenters. The van der Waals surface area contributed by atoms with Gasteiger partial charge in [-0.25, -0.2) is 4.98 Å². The molecule has 4 nitrogen and oxygen atoms in total. The predicted octanol–water partition coefficient (Wildman–Crippen LogP) is 3.28. The van der Waals surface area contributed by atoms with Gasteiger partial charge in [0.25, 0.3) is 0 Å². The van der Waals surface area contributed by atoms with E-state index in [1.807, 2.05) is 16.8 Å². The van der Waals surface area contributed by atoms with Gasteiger partial charge >= 0.3 is 0 Å². The van der Waals surface area contributed by atoms with E-state index in [-0.39, 0.29) is 0 Å². The summed E-state index contributed by atoms with van der Waals surface area (Å²) in [5, 5.41) is 8.03. The van der Waals surface area contributed by atoms with E-state index < -0.39 is 0 Å². The minimum Gasteiger partial charge on any atom is -0.367 e. The SMILES string of the molecule is CCCc1cc(N[C@@H]2CC[C@@H](C)C2)n2nccc2n1. The van der Waals surface area contributed by atoms with Crippen LogP contribution in [0.5, 0.6) is 0 Å². The minimum absolute atomic E-state index is 0.583. The zero-order valence-corrected chi connectivity index (χ0v) is 11.8. The number of hydrogen-bond donors (Lipinski definition) is 1. The summed E-state index contributed by atoms with van der Waals surface area (Å²) >= 11 is 0. The number of nitrogens with one attached hydrogen (secondary N) is 1.